The third kappa shape index (κ3) is 2.79. The van der Waals surface area contributed by atoms with Crippen molar-refractivity contribution >= 4 is 29.0 Å². The molecule has 2 rings (SSSR count). The molecule has 0 spiro atoms. The van der Waals surface area contributed by atoms with E-state index in [4.69, 9.17) is 4.74 Å². The van der Waals surface area contributed by atoms with E-state index < -0.39 is 6.09 Å². The molecule has 1 heterocycles. The van der Waals surface area contributed by atoms with Crippen LogP contribution in [0, 0.1) is 0 Å². The molecular formula is C14H17N3O3. The number of fused-ring (bicyclic) bond motifs is 1. The van der Waals surface area contributed by atoms with Crippen LogP contribution in [-0.4, -0.2) is 28.2 Å². The van der Waals surface area contributed by atoms with Crippen molar-refractivity contribution < 1.29 is 14.3 Å². The summed E-state index contributed by atoms with van der Waals surface area (Å²) in [5.74, 6) is 0.0936. The lowest BCUT2D eigenvalue weighted by molar-refractivity contribution is 0.0909. The summed E-state index contributed by atoms with van der Waals surface area (Å²) in [4.78, 5) is 28.0. The summed E-state index contributed by atoms with van der Waals surface area (Å²) >= 11 is 0. The topological polar surface area (TPSA) is 73.2 Å². The highest BCUT2D eigenvalue weighted by atomic mass is 16.5. The van der Waals surface area contributed by atoms with E-state index in [-0.39, 0.29) is 18.5 Å². The molecule has 0 radical (unpaired) electrons. The van der Waals surface area contributed by atoms with Crippen molar-refractivity contribution in [1.82, 2.24) is 9.55 Å². The number of nitrogens with one attached hydrogen (secondary N) is 1. The number of nitrogens with zero attached hydrogens (tertiary/aromatic N) is 2. The average Bonchev–Trinajstić information content (AvgIpc) is 2.76. The Hall–Kier alpha value is -2.37. The second kappa shape index (κ2) is 6.18. The van der Waals surface area contributed by atoms with E-state index in [1.54, 1.807) is 19.1 Å². The molecule has 6 heteroatoms. The molecule has 1 N–H and O–H groups in total. The number of carbonyl (C=O) groups is 2. The van der Waals surface area contributed by atoms with E-state index >= 15 is 0 Å². The van der Waals surface area contributed by atoms with Crippen LogP contribution in [0.25, 0.3) is 11.0 Å². The standard InChI is InChI=1S/C14H17N3O3/c1-3-7-12(18)17-11-9-6-5-8-10(11)15-13(17)16-14(19)20-4-2/h5-6,8-9H,3-4,7H2,1-2H3,(H,15,16,19). The van der Waals surface area contributed by atoms with Gasteiger partial charge in [-0.05, 0) is 25.5 Å². The van der Waals surface area contributed by atoms with Gasteiger partial charge < -0.3 is 4.74 Å². The molecule has 0 unspecified atom stereocenters. The van der Waals surface area contributed by atoms with Crippen LogP contribution in [-0.2, 0) is 4.74 Å². The monoisotopic (exact) mass is 275 g/mol. The molecule has 0 saturated carbocycles. The number of ether oxygens (including phenoxy) is 1. The Kier molecular flexibility index (Phi) is 4.34. The molecule has 6 nitrogen and oxygen atoms in total. The first-order chi connectivity index (χ1) is 9.67. The predicted molar refractivity (Wildman–Crippen MR) is 75.9 cm³/mol. The molecule has 20 heavy (non-hydrogen) atoms. The highest BCUT2D eigenvalue weighted by Gasteiger charge is 2.18. The van der Waals surface area contributed by atoms with Crippen molar-refractivity contribution in [2.45, 2.75) is 26.7 Å². The SMILES string of the molecule is CCCC(=O)n1c(NC(=O)OCC)nc2ccccc21. The molecule has 0 atom stereocenters. The van der Waals surface area contributed by atoms with Gasteiger partial charge in [-0.2, -0.15) is 0 Å². The second-order valence-electron chi connectivity index (χ2n) is 4.25. The van der Waals surface area contributed by atoms with Crippen LogP contribution < -0.4 is 5.32 Å². The Morgan fingerprint density at radius 2 is 2.05 bits per heavy atom. The van der Waals surface area contributed by atoms with Crippen LogP contribution in [0.15, 0.2) is 24.3 Å². The van der Waals surface area contributed by atoms with Crippen LogP contribution in [0.3, 0.4) is 0 Å². The van der Waals surface area contributed by atoms with Crippen LogP contribution in [0.1, 0.15) is 31.5 Å². The third-order valence-electron chi connectivity index (χ3n) is 2.76. The van der Waals surface area contributed by atoms with E-state index in [9.17, 15) is 9.59 Å². The number of imidazole rings is 1. The zero-order valence-corrected chi connectivity index (χ0v) is 11.5. The third-order valence-corrected chi connectivity index (χ3v) is 2.76. The molecule has 1 aromatic heterocycles. The molecule has 0 aliphatic carbocycles. The second-order valence-corrected chi connectivity index (χ2v) is 4.25. The van der Waals surface area contributed by atoms with Crippen LogP contribution in [0.4, 0.5) is 10.7 Å². The highest BCUT2D eigenvalue weighted by Crippen LogP contribution is 2.20. The minimum Gasteiger partial charge on any atom is -0.450 e. The first-order valence-corrected chi connectivity index (χ1v) is 6.61. The normalized spacial score (nSPS) is 10.5. The minimum absolute atomic E-state index is 0.104. The summed E-state index contributed by atoms with van der Waals surface area (Å²) in [6.45, 7) is 3.90. The van der Waals surface area contributed by atoms with Gasteiger partial charge in [-0.3, -0.25) is 10.1 Å². The number of para-hydroxylation sites is 2. The van der Waals surface area contributed by atoms with Crippen molar-refractivity contribution in [3.8, 4) is 0 Å². The van der Waals surface area contributed by atoms with Gasteiger partial charge in [-0.15, -0.1) is 0 Å². The summed E-state index contributed by atoms with van der Waals surface area (Å²) in [5.41, 5.74) is 1.33. The van der Waals surface area contributed by atoms with Crippen molar-refractivity contribution in [1.29, 1.82) is 0 Å². The van der Waals surface area contributed by atoms with Crippen LogP contribution >= 0.6 is 0 Å². The predicted octanol–water partition coefficient (Wildman–Crippen LogP) is 3.05. The molecule has 0 bridgehead atoms. The van der Waals surface area contributed by atoms with Crippen molar-refractivity contribution in [3.63, 3.8) is 0 Å². The molecule has 1 amide bonds. The van der Waals surface area contributed by atoms with Gasteiger partial charge in [-0.25, -0.2) is 14.3 Å². The van der Waals surface area contributed by atoms with E-state index in [0.29, 0.717) is 17.5 Å². The summed E-state index contributed by atoms with van der Waals surface area (Å²) in [6.07, 6.45) is 0.496. The van der Waals surface area contributed by atoms with Gasteiger partial charge in [0, 0.05) is 6.42 Å². The highest BCUT2D eigenvalue weighted by molar-refractivity contribution is 5.96. The maximum absolute atomic E-state index is 12.2. The number of hydrogen-bond acceptors (Lipinski definition) is 4. The quantitative estimate of drug-likeness (QED) is 0.930. The first kappa shape index (κ1) is 14.0. The Morgan fingerprint density at radius 1 is 1.30 bits per heavy atom. The Bertz CT molecular complexity index is 634. The van der Waals surface area contributed by atoms with Crippen molar-refractivity contribution in [2.75, 3.05) is 11.9 Å². The fourth-order valence-corrected chi connectivity index (χ4v) is 1.95. The minimum atomic E-state index is -0.617. The Balaban J connectivity index is 2.44. The van der Waals surface area contributed by atoms with Gasteiger partial charge >= 0.3 is 6.09 Å². The van der Waals surface area contributed by atoms with Gasteiger partial charge in [0.25, 0.3) is 0 Å². The van der Waals surface area contributed by atoms with Crippen LogP contribution in [0.2, 0.25) is 0 Å². The summed E-state index contributed by atoms with van der Waals surface area (Å²) in [7, 11) is 0. The largest absolute Gasteiger partial charge is 0.450 e. The Morgan fingerprint density at radius 3 is 2.75 bits per heavy atom. The smallest absolute Gasteiger partial charge is 0.413 e. The summed E-state index contributed by atoms with van der Waals surface area (Å²) in [6, 6.07) is 7.25. The molecule has 0 aliphatic heterocycles. The maximum atomic E-state index is 12.2. The molecule has 2 aromatic rings. The fourth-order valence-electron chi connectivity index (χ4n) is 1.95. The van der Waals surface area contributed by atoms with Gasteiger partial charge in [-0.1, -0.05) is 19.1 Å². The Labute approximate surface area is 116 Å². The number of carbonyl (C=O) groups excluding carboxylic acids is 2. The van der Waals surface area contributed by atoms with Gasteiger partial charge in [0.1, 0.15) is 0 Å². The molecule has 106 valence electrons. The van der Waals surface area contributed by atoms with Gasteiger partial charge in [0.15, 0.2) is 0 Å². The van der Waals surface area contributed by atoms with Crippen molar-refractivity contribution in [3.05, 3.63) is 24.3 Å². The number of benzene rings is 1. The number of amides is 1. The summed E-state index contributed by atoms with van der Waals surface area (Å²) in [5, 5.41) is 2.51. The number of aromatic nitrogens is 2. The van der Waals surface area contributed by atoms with E-state index in [1.807, 2.05) is 19.1 Å². The molecule has 0 aliphatic rings. The maximum Gasteiger partial charge on any atom is 0.413 e. The molecule has 0 fully saturated rings. The lowest BCUT2D eigenvalue weighted by atomic mass is 10.3. The van der Waals surface area contributed by atoms with Gasteiger partial charge in [0.05, 0.1) is 17.6 Å². The first-order valence-electron chi connectivity index (χ1n) is 6.61. The molecule has 0 saturated heterocycles. The number of anilines is 1. The van der Waals surface area contributed by atoms with E-state index in [0.717, 1.165) is 6.42 Å². The lowest BCUT2D eigenvalue weighted by Gasteiger charge is -2.08. The number of hydrogen-bond donors (Lipinski definition) is 1. The fraction of sp³-hybridized carbons (Fsp3) is 0.357. The molecular weight excluding hydrogens is 258 g/mol. The van der Waals surface area contributed by atoms with E-state index in [1.165, 1.54) is 4.57 Å². The number of rotatable bonds is 4. The zero-order valence-electron chi connectivity index (χ0n) is 11.5. The molecule has 1 aromatic carbocycles. The van der Waals surface area contributed by atoms with Gasteiger partial charge in [0.2, 0.25) is 11.9 Å². The van der Waals surface area contributed by atoms with Crippen molar-refractivity contribution in [2.24, 2.45) is 0 Å². The van der Waals surface area contributed by atoms with Crippen LogP contribution in [0.5, 0.6) is 0 Å². The lowest BCUT2D eigenvalue weighted by Crippen LogP contribution is -2.20. The zero-order chi connectivity index (χ0) is 14.5. The summed E-state index contributed by atoms with van der Waals surface area (Å²) < 4.78 is 6.25. The average molecular weight is 275 g/mol. The van der Waals surface area contributed by atoms with E-state index in [2.05, 4.69) is 10.3 Å².